The van der Waals surface area contributed by atoms with E-state index < -0.39 is 25.5 Å². The predicted octanol–water partition coefficient (Wildman–Crippen LogP) is 2.84. The maximum atomic E-state index is 12.6. The van der Waals surface area contributed by atoms with E-state index in [-0.39, 0.29) is 19.4 Å². The van der Waals surface area contributed by atoms with Gasteiger partial charge in [0.1, 0.15) is 6.04 Å². The molecule has 0 spiro atoms. The van der Waals surface area contributed by atoms with Gasteiger partial charge in [0.25, 0.3) is 5.91 Å². The van der Waals surface area contributed by atoms with Gasteiger partial charge >= 0.3 is 7.60 Å². The van der Waals surface area contributed by atoms with E-state index in [9.17, 15) is 14.2 Å². The molecule has 0 heterocycles. The maximum Gasteiger partial charge on any atom is 0.335 e. The van der Waals surface area contributed by atoms with Gasteiger partial charge in [-0.1, -0.05) is 12.1 Å². The van der Waals surface area contributed by atoms with Gasteiger partial charge in [0.15, 0.2) is 0 Å². The molecule has 8 heteroatoms. The summed E-state index contributed by atoms with van der Waals surface area (Å²) in [7, 11) is -3.21. The molecule has 1 aromatic rings. The lowest BCUT2D eigenvalue weighted by Gasteiger charge is -2.17. The highest BCUT2D eigenvalue weighted by molar-refractivity contribution is 7.53. The van der Waals surface area contributed by atoms with E-state index >= 15 is 0 Å². The quantitative estimate of drug-likeness (QED) is 0.322. The van der Waals surface area contributed by atoms with Crippen LogP contribution in [-0.4, -0.2) is 31.1 Å². The number of terminal acetylenes is 1. The van der Waals surface area contributed by atoms with Gasteiger partial charge in [0.05, 0.1) is 19.4 Å². The molecule has 1 rings (SSSR count). The first-order chi connectivity index (χ1) is 12.8. The van der Waals surface area contributed by atoms with Crippen molar-refractivity contribution in [3.8, 4) is 12.3 Å². The molecule has 0 fully saturated rings. The zero-order valence-electron chi connectivity index (χ0n) is 15.8. The van der Waals surface area contributed by atoms with Gasteiger partial charge in [-0.05, 0) is 44.4 Å². The average Bonchev–Trinajstić information content (AvgIpc) is 2.61. The van der Waals surface area contributed by atoms with Crippen molar-refractivity contribution in [2.24, 2.45) is 5.73 Å². The van der Waals surface area contributed by atoms with E-state index in [1.54, 1.807) is 38.1 Å². The van der Waals surface area contributed by atoms with Crippen molar-refractivity contribution in [1.82, 2.24) is 5.32 Å². The standard InChI is InChI=1S/C19H27N2O5P/c1-4-7-8-9-17(18(20)22)21-19(23)16-12-10-15(11-13-16)14-27(24,25-5-2)26-6-3/h1,10-13,17H,5-9,14H2,2-3H3,(H2,20,22)(H,21,23)/t17-/m1/s1. The Balaban J connectivity index is 2.76. The highest BCUT2D eigenvalue weighted by atomic mass is 31.2. The predicted molar refractivity (Wildman–Crippen MR) is 104 cm³/mol. The highest BCUT2D eigenvalue weighted by Crippen LogP contribution is 2.51. The molecule has 3 N–H and O–H groups in total. The number of nitrogens with two attached hydrogens (primary N) is 1. The Morgan fingerprint density at radius 3 is 2.30 bits per heavy atom. The number of primary amides is 1. The van der Waals surface area contributed by atoms with E-state index in [1.807, 2.05) is 0 Å². The molecule has 148 valence electrons. The van der Waals surface area contributed by atoms with E-state index in [4.69, 9.17) is 21.2 Å². The number of rotatable bonds is 12. The van der Waals surface area contributed by atoms with Gasteiger partial charge in [-0.15, -0.1) is 12.3 Å². The van der Waals surface area contributed by atoms with E-state index in [0.29, 0.717) is 24.8 Å². The van der Waals surface area contributed by atoms with Crippen LogP contribution in [0.15, 0.2) is 24.3 Å². The van der Waals surface area contributed by atoms with Gasteiger partial charge in [-0.2, -0.15) is 0 Å². The monoisotopic (exact) mass is 394 g/mol. The van der Waals surface area contributed by atoms with Crippen molar-refractivity contribution < 1.29 is 23.2 Å². The molecule has 0 aliphatic heterocycles. The van der Waals surface area contributed by atoms with Crippen LogP contribution in [0, 0.1) is 12.3 Å². The van der Waals surface area contributed by atoms with Crippen LogP contribution >= 0.6 is 7.60 Å². The fraction of sp³-hybridized carbons (Fsp3) is 0.474. The number of hydrogen-bond donors (Lipinski definition) is 2. The third-order valence-electron chi connectivity index (χ3n) is 3.71. The minimum absolute atomic E-state index is 0.118. The van der Waals surface area contributed by atoms with Crippen LogP contribution in [0.3, 0.4) is 0 Å². The van der Waals surface area contributed by atoms with Crippen LogP contribution in [0.4, 0.5) is 0 Å². The Morgan fingerprint density at radius 1 is 1.22 bits per heavy atom. The Bertz CT molecular complexity index is 702. The molecule has 2 amide bonds. The van der Waals surface area contributed by atoms with Gasteiger partial charge in [-0.3, -0.25) is 14.2 Å². The summed E-state index contributed by atoms with van der Waals surface area (Å²) in [6, 6.07) is 5.76. The highest BCUT2D eigenvalue weighted by Gasteiger charge is 2.24. The minimum Gasteiger partial charge on any atom is -0.368 e. The number of benzene rings is 1. The lowest BCUT2D eigenvalue weighted by Crippen LogP contribution is -2.44. The molecule has 1 aromatic carbocycles. The number of carbonyl (C=O) groups excluding carboxylic acids is 2. The van der Waals surface area contributed by atoms with Crippen LogP contribution in [-0.2, 0) is 24.6 Å². The van der Waals surface area contributed by atoms with Gasteiger partial charge in [-0.25, -0.2) is 0 Å². The summed E-state index contributed by atoms with van der Waals surface area (Å²) >= 11 is 0. The molecule has 0 unspecified atom stereocenters. The zero-order chi connectivity index (χ0) is 20.3. The molecule has 0 aromatic heterocycles. The summed E-state index contributed by atoms with van der Waals surface area (Å²) in [5.74, 6) is 1.46. The van der Waals surface area contributed by atoms with Crippen molar-refractivity contribution in [2.75, 3.05) is 13.2 Å². The second-order valence-electron chi connectivity index (χ2n) is 5.83. The minimum atomic E-state index is -3.21. The number of hydrogen-bond acceptors (Lipinski definition) is 5. The fourth-order valence-electron chi connectivity index (χ4n) is 2.44. The van der Waals surface area contributed by atoms with Crippen LogP contribution in [0.2, 0.25) is 0 Å². The normalized spacial score (nSPS) is 12.2. The van der Waals surface area contributed by atoms with Crippen LogP contribution in [0.1, 0.15) is 49.0 Å². The van der Waals surface area contributed by atoms with Crippen molar-refractivity contribution in [1.29, 1.82) is 0 Å². The van der Waals surface area contributed by atoms with Gasteiger partial charge in [0.2, 0.25) is 5.91 Å². The summed E-state index contributed by atoms with van der Waals surface area (Å²) in [6.07, 6.45) is 6.79. The first-order valence-electron chi connectivity index (χ1n) is 8.86. The molecule has 7 nitrogen and oxygen atoms in total. The van der Waals surface area contributed by atoms with Crippen LogP contribution in [0.5, 0.6) is 0 Å². The molecule has 0 saturated heterocycles. The van der Waals surface area contributed by atoms with Crippen molar-refractivity contribution >= 4 is 19.4 Å². The maximum absolute atomic E-state index is 12.6. The average molecular weight is 394 g/mol. The Labute approximate surface area is 160 Å². The number of carbonyl (C=O) groups is 2. The van der Waals surface area contributed by atoms with E-state index in [2.05, 4.69) is 11.2 Å². The van der Waals surface area contributed by atoms with Crippen molar-refractivity contribution in [3.63, 3.8) is 0 Å². The summed E-state index contributed by atoms with van der Waals surface area (Å²) < 4.78 is 23.1. The molecule has 0 aliphatic carbocycles. The summed E-state index contributed by atoms with van der Waals surface area (Å²) in [6.45, 7) is 4.06. The molecule has 1 atom stereocenters. The van der Waals surface area contributed by atoms with E-state index in [0.717, 1.165) is 5.56 Å². The molecule has 0 bridgehead atoms. The first kappa shape index (κ1) is 22.9. The van der Waals surface area contributed by atoms with Gasteiger partial charge in [0, 0.05) is 12.0 Å². The molecule has 0 saturated carbocycles. The third-order valence-corrected chi connectivity index (χ3v) is 5.76. The molecule has 0 radical (unpaired) electrons. The molecule has 0 aliphatic rings. The third kappa shape index (κ3) is 7.96. The van der Waals surface area contributed by atoms with E-state index in [1.165, 1.54) is 0 Å². The lowest BCUT2D eigenvalue weighted by molar-refractivity contribution is -0.120. The topological polar surface area (TPSA) is 108 Å². The largest absolute Gasteiger partial charge is 0.368 e. The number of nitrogens with one attached hydrogen (secondary N) is 1. The van der Waals surface area contributed by atoms with Crippen LogP contribution < -0.4 is 11.1 Å². The first-order valence-corrected chi connectivity index (χ1v) is 10.6. The second-order valence-corrected chi connectivity index (χ2v) is 7.88. The fourth-order valence-corrected chi connectivity index (χ4v) is 4.14. The van der Waals surface area contributed by atoms with Gasteiger partial charge < -0.3 is 20.1 Å². The van der Waals surface area contributed by atoms with Crippen molar-refractivity contribution in [2.45, 2.75) is 45.3 Å². The summed E-state index contributed by atoms with van der Waals surface area (Å²) in [5.41, 5.74) is 6.42. The SMILES string of the molecule is C#CCCC[C@@H](NC(=O)c1ccc(CP(=O)(OCC)OCC)cc1)C(N)=O. The zero-order valence-corrected chi connectivity index (χ0v) is 16.7. The second kappa shape index (κ2) is 11.6. The number of unbranched alkanes of at least 4 members (excludes halogenated alkanes) is 1. The van der Waals surface area contributed by atoms with Crippen LogP contribution in [0.25, 0.3) is 0 Å². The lowest BCUT2D eigenvalue weighted by atomic mass is 10.1. The smallest absolute Gasteiger partial charge is 0.335 e. The molecular weight excluding hydrogens is 367 g/mol. The van der Waals surface area contributed by atoms with Crippen molar-refractivity contribution in [3.05, 3.63) is 35.4 Å². The summed E-state index contributed by atoms with van der Waals surface area (Å²) in [5, 5.41) is 2.61. The summed E-state index contributed by atoms with van der Waals surface area (Å²) in [4.78, 5) is 23.8. The Kier molecular flexibility index (Phi) is 9.81. The Morgan fingerprint density at radius 2 is 1.81 bits per heavy atom. The number of amides is 2. The Hall–Kier alpha value is -2.13. The molecule has 27 heavy (non-hydrogen) atoms. The molecular formula is C19H27N2O5P.